The molecule has 2 aromatic carbocycles. The highest BCUT2D eigenvalue weighted by Crippen LogP contribution is 2.40. The number of amides is 1. The van der Waals surface area contributed by atoms with Crippen LogP contribution in [-0.4, -0.2) is 35.2 Å². The molecule has 1 fully saturated rings. The molecule has 2 unspecified atom stereocenters. The number of carbonyl (C=O) groups excluding carboxylic acids is 1. The Morgan fingerprint density at radius 1 is 1.25 bits per heavy atom. The fourth-order valence-electron chi connectivity index (χ4n) is 4.44. The molecule has 2 atom stereocenters. The van der Waals surface area contributed by atoms with Crippen LogP contribution in [0.1, 0.15) is 47.9 Å². The zero-order valence-corrected chi connectivity index (χ0v) is 20.4. The smallest absolute Gasteiger partial charge is 0.220 e. The van der Waals surface area contributed by atoms with Crippen molar-refractivity contribution >= 4 is 50.7 Å². The predicted molar refractivity (Wildman–Crippen MR) is 132 cm³/mol. The number of aryl methyl sites for hydroxylation is 2. The van der Waals surface area contributed by atoms with Crippen molar-refractivity contribution in [1.29, 1.82) is 0 Å². The maximum atomic E-state index is 13.4. The standard InChI is InChI=1S/C24H27Cl2N3O2S/c1-16-5-8-22-20(14-16)28-24(32-22)10-9-23(30)27-11-3-13-29(31)12-2-4-21(29)17-6-7-18(25)19(26)15-17/h5-8,14-15,21H,2-4,9-13H2,1H3,(H,27,30). The highest BCUT2D eigenvalue weighted by molar-refractivity contribution is 7.18. The van der Waals surface area contributed by atoms with Crippen molar-refractivity contribution in [2.24, 2.45) is 0 Å². The van der Waals surface area contributed by atoms with E-state index in [0.717, 1.165) is 33.6 Å². The first kappa shape index (κ1) is 23.5. The molecule has 1 aliphatic heterocycles. The first-order chi connectivity index (χ1) is 15.3. The number of thiazole rings is 1. The van der Waals surface area contributed by atoms with E-state index < -0.39 is 0 Å². The van der Waals surface area contributed by atoms with Gasteiger partial charge in [-0.05, 0) is 36.8 Å². The zero-order chi connectivity index (χ0) is 22.7. The minimum Gasteiger partial charge on any atom is -0.632 e. The van der Waals surface area contributed by atoms with Crippen molar-refractivity contribution in [2.45, 2.75) is 45.1 Å². The lowest BCUT2D eigenvalue weighted by Crippen LogP contribution is -2.43. The molecule has 3 aromatic rings. The third-order valence-corrected chi connectivity index (χ3v) is 7.93. The number of likely N-dealkylation sites (tertiary alicyclic amines) is 1. The second-order valence-corrected chi connectivity index (χ2v) is 10.4. The van der Waals surface area contributed by atoms with Gasteiger partial charge < -0.3 is 15.2 Å². The zero-order valence-electron chi connectivity index (χ0n) is 18.1. The molecule has 32 heavy (non-hydrogen) atoms. The van der Waals surface area contributed by atoms with Crippen molar-refractivity contribution in [3.63, 3.8) is 0 Å². The summed E-state index contributed by atoms with van der Waals surface area (Å²) in [6.45, 7) is 3.63. The monoisotopic (exact) mass is 491 g/mol. The molecular formula is C24H27Cl2N3O2S. The van der Waals surface area contributed by atoms with E-state index in [9.17, 15) is 10.0 Å². The molecule has 4 rings (SSSR count). The molecule has 1 saturated heterocycles. The average molecular weight is 492 g/mol. The average Bonchev–Trinajstić information content (AvgIpc) is 3.34. The molecule has 1 N–H and O–H groups in total. The van der Waals surface area contributed by atoms with Crippen LogP contribution in [0.2, 0.25) is 10.0 Å². The van der Waals surface area contributed by atoms with E-state index in [-0.39, 0.29) is 16.6 Å². The predicted octanol–water partition coefficient (Wildman–Crippen LogP) is 6.20. The van der Waals surface area contributed by atoms with E-state index >= 15 is 0 Å². The van der Waals surface area contributed by atoms with Crippen molar-refractivity contribution < 1.29 is 9.44 Å². The normalized spacial score (nSPS) is 20.7. The number of hydroxylamine groups is 3. The van der Waals surface area contributed by atoms with Gasteiger partial charge in [-0.25, -0.2) is 4.98 Å². The molecule has 0 aliphatic carbocycles. The molecule has 0 spiro atoms. The number of rotatable bonds is 8. The number of hydrogen-bond donors (Lipinski definition) is 1. The number of fused-ring (bicyclic) bond motifs is 1. The Labute approximate surface area is 202 Å². The number of nitrogens with zero attached hydrogens (tertiary/aromatic N) is 2. The van der Waals surface area contributed by atoms with Crippen LogP contribution in [0.25, 0.3) is 10.2 Å². The van der Waals surface area contributed by atoms with E-state index in [1.54, 1.807) is 17.4 Å². The summed E-state index contributed by atoms with van der Waals surface area (Å²) in [5.41, 5.74) is 3.13. The lowest BCUT2D eigenvalue weighted by atomic mass is 10.0. The molecule has 1 amide bonds. The summed E-state index contributed by atoms with van der Waals surface area (Å²) in [4.78, 5) is 16.9. The Morgan fingerprint density at radius 2 is 2.09 bits per heavy atom. The molecule has 1 aromatic heterocycles. The maximum Gasteiger partial charge on any atom is 0.220 e. The van der Waals surface area contributed by atoms with Crippen molar-refractivity contribution in [3.8, 4) is 0 Å². The van der Waals surface area contributed by atoms with Crippen molar-refractivity contribution in [3.05, 3.63) is 67.8 Å². The van der Waals surface area contributed by atoms with Crippen molar-refractivity contribution in [2.75, 3.05) is 19.6 Å². The van der Waals surface area contributed by atoms with E-state index in [0.29, 0.717) is 48.9 Å². The topological polar surface area (TPSA) is 65.0 Å². The third kappa shape index (κ3) is 5.43. The fourth-order valence-corrected chi connectivity index (χ4v) is 5.70. The Morgan fingerprint density at radius 3 is 2.91 bits per heavy atom. The van der Waals surface area contributed by atoms with Crippen LogP contribution in [0.15, 0.2) is 36.4 Å². The van der Waals surface area contributed by atoms with Gasteiger partial charge in [-0.3, -0.25) is 4.79 Å². The molecule has 1 aliphatic rings. The van der Waals surface area contributed by atoms with E-state index in [4.69, 9.17) is 23.2 Å². The van der Waals surface area contributed by atoms with Crippen LogP contribution in [0.4, 0.5) is 0 Å². The Bertz CT molecular complexity index is 1120. The van der Waals surface area contributed by atoms with Crippen LogP contribution in [0.5, 0.6) is 0 Å². The Kier molecular flexibility index (Phi) is 7.37. The molecule has 170 valence electrons. The lowest BCUT2D eigenvalue weighted by Gasteiger charge is -2.44. The lowest BCUT2D eigenvalue weighted by molar-refractivity contribution is -0.898. The van der Waals surface area contributed by atoms with Crippen LogP contribution < -0.4 is 5.32 Å². The summed E-state index contributed by atoms with van der Waals surface area (Å²) in [5.74, 6) is 0.000315. The van der Waals surface area contributed by atoms with Gasteiger partial charge in [0, 0.05) is 44.2 Å². The number of halogens is 2. The SMILES string of the molecule is Cc1ccc2sc(CCC(=O)NCCC[N+]3([O-])CCCC3c3ccc(Cl)c(Cl)c3)nc2c1. The molecule has 0 bridgehead atoms. The van der Waals surface area contributed by atoms with Gasteiger partial charge in [-0.1, -0.05) is 35.3 Å². The minimum atomic E-state index is -0.265. The van der Waals surface area contributed by atoms with Gasteiger partial charge in [0.25, 0.3) is 0 Å². The number of aromatic nitrogens is 1. The number of benzene rings is 2. The first-order valence-electron chi connectivity index (χ1n) is 11.0. The second-order valence-electron chi connectivity index (χ2n) is 8.51. The molecular weight excluding hydrogens is 465 g/mol. The summed E-state index contributed by atoms with van der Waals surface area (Å²) in [5, 5.41) is 18.4. The molecule has 2 heterocycles. The number of carbonyl (C=O) groups is 1. The van der Waals surface area contributed by atoms with Crippen molar-refractivity contribution in [1.82, 2.24) is 10.3 Å². The van der Waals surface area contributed by atoms with Crippen LogP contribution >= 0.6 is 34.5 Å². The van der Waals surface area contributed by atoms with E-state index in [1.165, 1.54) is 5.56 Å². The summed E-state index contributed by atoms with van der Waals surface area (Å²) >= 11 is 13.8. The van der Waals surface area contributed by atoms with Gasteiger partial charge in [-0.15, -0.1) is 11.3 Å². The van der Waals surface area contributed by atoms with Crippen LogP contribution in [0.3, 0.4) is 0 Å². The summed E-state index contributed by atoms with van der Waals surface area (Å²) < 4.78 is 0.886. The number of quaternary nitrogens is 1. The summed E-state index contributed by atoms with van der Waals surface area (Å²) in [6, 6.07) is 11.6. The highest BCUT2D eigenvalue weighted by atomic mass is 35.5. The Hall–Kier alpha value is -1.70. The van der Waals surface area contributed by atoms with Gasteiger partial charge in [0.2, 0.25) is 5.91 Å². The highest BCUT2D eigenvalue weighted by Gasteiger charge is 2.35. The van der Waals surface area contributed by atoms with Crippen LogP contribution in [0, 0.1) is 12.1 Å². The van der Waals surface area contributed by atoms with Gasteiger partial charge in [0.15, 0.2) is 0 Å². The third-order valence-electron chi connectivity index (χ3n) is 6.10. The van der Waals surface area contributed by atoms with Gasteiger partial charge in [0.05, 0.1) is 38.4 Å². The minimum absolute atomic E-state index is 0.000315. The second kappa shape index (κ2) is 10.1. The summed E-state index contributed by atoms with van der Waals surface area (Å²) in [6.07, 6.45) is 3.42. The quantitative estimate of drug-likeness (QED) is 0.231. The molecule has 5 nitrogen and oxygen atoms in total. The van der Waals surface area contributed by atoms with Crippen LogP contribution in [-0.2, 0) is 11.2 Å². The van der Waals surface area contributed by atoms with Gasteiger partial charge >= 0.3 is 0 Å². The first-order valence-corrected chi connectivity index (χ1v) is 12.6. The number of hydrogen-bond acceptors (Lipinski definition) is 4. The number of nitrogens with one attached hydrogen (secondary N) is 1. The Balaban J connectivity index is 1.23. The van der Waals surface area contributed by atoms with Gasteiger partial charge in [-0.2, -0.15) is 0 Å². The van der Waals surface area contributed by atoms with E-state index in [2.05, 4.69) is 35.4 Å². The largest absolute Gasteiger partial charge is 0.632 e. The fraction of sp³-hybridized carbons (Fsp3) is 0.417. The van der Waals surface area contributed by atoms with E-state index in [1.807, 2.05) is 12.1 Å². The summed E-state index contributed by atoms with van der Waals surface area (Å²) in [7, 11) is 0. The van der Waals surface area contributed by atoms with Gasteiger partial charge in [0.1, 0.15) is 6.04 Å². The molecule has 8 heteroatoms. The maximum absolute atomic E-state index is 13.4. The molecule has 0 radical (unpaired) electrons. The molecule has 0 saturated carbocycles.